The summed E-state index contributed by atoms with van der Waals surface area (Å²) in [6.45, 7) is 6.28. The number of nitrogens with zero attached hydrogens (tertiary/aromatic N) is 3. The average Bonchev–Trinajstić information content (AvgIpc) is 3.01. The Morgan fingerprint density at radius 2 is 2.00 bits per heavy atom. The lowest BCUT2D eigenvalue weighted by atomic mass is 9.99. The molecule has 1 aromatic rings. The number of guanidine groups is 1. The van der Waals surface area contributed by atoms with Crippen molar-refractivity contribution in [3.8, 4) is 0 Å². The number of aliphatic imine (C=N–C) groups is 1. The highest BCUT2D eigenvalue weighted by molar-refractivity contribution is 14.0. The number of amides is 1. The quantitative estimate of drug-likeness (QED) is 0.441. The van der Waals surface area contributed by atoms with Crippen molar-refractivity contribution in [3.63, 3.8) is 0 Å². The Hall–Kier alpha value is -1.31. The molecule has 1 heterocycles. The van der Waals surface area contributed by atoms with Gasteiger partial charge in [0.05, 0.1) is 0 Å². The first kappa shape index (κ1) is 20.7. The van der Waals surface area contributed by atoms with Crippen LogP contribution in [0.2, 0.25) is 0 Å². The summed E-state index contributed by atoms with van der Waals surface area (Å²) in [5.41, 5.74) is 1.38. The van der Waals surface area contributed by atoms with Crippen LogP contribution in [0, 0.1) is 0 Å². The van der Waals surface area contributed by atoms with Crippen LogP contribution < -0.4 is 5.32 Å². The number of likely N-dealkylation sites (N-methyl/N-ethyl adjacent to an activating group) is 1. The second kappa shape index (κ2) is 9.86. The number of likely N-dealkylation sites (tertiary alicyclic amines) is 1. The molecule has 5 nitrogen and oxygen atoms in total. The topological polar surface area (TPSA) is 47.9 Å². The van der Waals surface area contributed by atoms with E-state index in [4.69, 9.17) is 0 Å². The Balaban J connectivity index is 0.00000288. The minimum Gasteiger partial charge on any atom is -0.354 e. The third-order valence-electron chi connectivity index (χ3n) is 4.04. The summed E-state index contributed by atoms with van der Waals surface area (Å²) in [7, 11) is 3.52. The monoisotopic (exact) mass is 444 g/mol. The summed E-state index contributed by atoms with van der Waals surface area (Å²) in [5, 5.41) is 3.39. The van der Waals surface area contributed by atoms with Crippen molar-refractivity contribution in [1.82, 2.24) is 15.1 Å². The molecular formula is C18H29IN4O. The van der Waals surface area contributed by atoms with Crippen molar-refractivity contribution in [2.75, 3.05) is 33.7 Å². The van der Waals surface area contributed by atoms with Crippen LogP contribution in [0.25, 0.3) is 0 Å². The van der Waals surface area contributed by atoms with E-state index in [1.165, 1.54) is 5.56 Å². The van der Waals surface area contributed by atoms with Crippen LogP contribution in [0.15, 0.2) is 35.3 Å². The fourth-order valence-corrected chi connectivity index (χ4v) is 2.73. The van der Waals surface area contributed by atoms with E-state index in [0.29, 0.717) is 12.0 Å². The zero-order chi connectivity index (χ0) is 16.8. The molecule has 1 aliphatic heterocycles. The van der Waals surface area contributed by atoms with E-state index in [2.05, 4.69) is 59.4 Å². The number of halogens is 1. The SMILES string of the molecule is CC(C)NC(=NCC(=O)N(C)C)N1CCC(c2ccccc2)C1.I. The van der Waals surface area contributed by atoms with Crippen molar-refractivity contribution in [1.29, 1.82) is 0 Å². The number of carbonyl (C=O) groups excluding carboxylic acids is 1. The maximum absolute atomic E-state index is 11.8. The van der Waals surface area contributed by atoms with Gasteiger partial charge in [-0.15, -0.1) is 24.0 Å². The molecule has 1 atom stereocenters. The van der Waals surface area contributed by atoms with Gasteiger partial charge >= 0.3 is 0 Å². The van der Waals surface area contributed by atoms with Gasteiger partial charge in [-0.05, 0) is 25.8 Å². The summed E-state index contributed by atoms with van der Waals surface area (Å²) < 4.78 is 0. The maximum atomic E-state index is 11.8. The van der Waals surface area contributed by atoms with Crippen molar-refractivity contribution >= 4 is 35.8 Å². The molecule has 134 valence electrons. The van der Waals surface area contributed by atoms with Crippen LogP contribution in [-0.4, -0.2) is 61.4 Å². The highest BCUT2D eigenvalue weighted by atomic mass is 127. The molecule has 0 aliphatic carbocycles. The van der Waals surface area contributed by atoms with E-state index in [1.54, 1.807) is 19.0 Å². The number of nitrogens with one attached hydrogen (secondary N) is 1. The molecule has 1 aromatic carbocycles. The van der Waals surface area contributed by atoms with Crippen LogP contribution in [0.5, 0.6) is 0 Å². The molecule has 6 heteroatoms. The minimum absolute atomic E-state index is 0. The Morgan fingerprint density at radius 3 is 2.58 bits per heavy atom. The van der Waals surface area contributed by atoms with Gasteiger partial charge in [-0.3, -0.25) is 4.79 Å². The molecular weight excluding hydrogens is 415 g/mol. The van der Waals surface area contributed by atoms with E-state index in [9.17, 15) is 4.79 Å². The molecule has 1 unspecified atom stereocenters. The lowest BCUT2D eigenvalue weighted by Gasteiger charge is -2.24. The van der Waals surface area contributed by atoms with Crippen molar-refractivity contribution in [3.05, 3.63) is 35.9 Å². The predicted molar refractivity (Wildman–Crippen MR) is 110 cm³/mol. The minimum atomic E-state index is 0. The van der Waals surface area contributed by atoms with Crippen LogP contribution in [0.3, 0.4) is 0 Å². The van der Waals surface area contributed by atoms with Crippen molar-refractivity contribution in [2.24, 2.45) is 4.99 Å². The van der Waals surface area contributed by atoms with Gasteiger partial charge in [-0.25, -0.2) is 4.99 Å². The van der Waals surface area contributed by atoms with Crippen molar-refractivity contribution in [2.45, 2.75) is 32.2 Å². The first-order valence-electron chi connectivity index (χ1n) is 8.28. The molecule has 1 aliphatic rings. The van der Waals surface area contributed by atoms with Gasteiger partial charge in [0, 0.05) is 39.1 Å². The van der Waals surface area contributed by atoms with Crippen LogP contribution in [0.4, 0.5) is 0 Å². The summed E-state index contributed by atoms with van der Waals surface area (Å²) in [4.78, 5) is 20.2. The molecule has 0 radical (unpaired) electrons. The number of rotatable bonds is 4. The van der Waals surface area contributed by atoms with Crippen LogP contribution in [-0.2, 0) is 4.79 Å². The van der Waals surface area contributed by atoms with Gasteiger partial charge in [0.1, 0.15) is 6.54 Å². The summed E-state index contributed by atoms with van der Waals surface area (Å²) in [6, 6.07) is 10.9. The summed E-state index contributed by atoms with van der Waals surface area (Å²) in [5.74, 6) is 1.39. The Morgan fingerprint density at radius 1 is 1.33 bits per heavy atom. The van der Waals surface area contributed by atoms with E-state index >= 15 is 0 Å². The van der Waals surface area contributed by atoms with Gasteiger partial charge in [-0.2, -0.15) is 0 Å². The Kier molecular flexibility index (Phi) is 8.52. The zero-order valence-electron chi connectivity index (χ0n) is 15.0. The van der Waals surface area contributed by atoms with Gasteiger partial charge < -0.3 is 15.1 Å². The highest BCUT2D eigenvalue weighted by Gasteiger charge is 2.26. The first-order valence-corrected chi connectivity index (χ1v) is 8.28. The highest BCUT2D eigenvalue weighted by Crippen LogP contribution is 2.26. The molecule has 0 spiro atoms. The standard InChI is InChI=1S/C18H28N4O.HI/c1-14(2)20-18(19-12-17(23)21(3)4)22-11-10-16(13-22)15-8-6-5-7-9-15;/h5-9,14,16H,10-13H2,1-4H3,(H,19,20);1H. The Bertz CT molecular complexity index is 545. The van der Waals surface area contributed by atoms with Crippen LogP contribution >= 0.6 is 24.0 Å². The fraction of sp³-hybridized carbons (Fsp3) is 0.556. The van der Waals surface area contributed by atoms with Gasteiger partial charge in [0.25, 0.3) is 0 Å². The van der Waals surface area contributed by atoms with Gasteiger partial charge in [0.15, 0.2) is 5.96 Å². The molecule has 0 saturated carbocycles. The molecule has 0 bridgehead atoms. The van der Waals surface area contributed by atoms with E-state index in [1.807, 2.05) is 0 Å². The second-order valence-electron chi connectivity index (χ2n) is 6.57. The lowest BCUT2D eigenvalue weighted by molar-refractivity contribution is -0.127. The number of benzene rings is 1. The van der Waals surface area contributed by atoms with E-state index < -0.39 is 0 Å². The summed E-state index contributed by atoms with van der Waals surface area (Å²) in [6.07, 6.45) is 1.12. The molecule has 0 aromatic heterocycles. The third-order valence-corrected chi connectivity index (χ3v) is 4.04. The molecule has 1 fully saturated rings. The maximum Gasteiger partial charge on any atom is 0.243 e. The fourth-order valence-electron chi connectivity index (χ4n) is 2.73. The van der Waals surface area contributed by atoms with E-state index in [0.717, 1.165) is 25.5 Å². The lowest BCUT2D eigenvalue weighted by Crippen LogP contribution is -2.43. The third kappa shape index (κ3) is 5.96. The number of hydrogen-bond acceptors (Lipinski definition) is 2. The van der Waals surface area contributed by atoms with Gasteiger partial charge in [0.2, 0.25) is 5.91 Å². The second-order valence-corrected chi connectivity index (χ2v) is 6.57. The normalized spacial score (nSPS) is 17.6. The number of carbonyl (C=O) groups is 1. The molecule has 2 rings (SSSR count). The molecule has 1 saturated heterocycles. The predicted octanol–water partition coefficient (Wildman–Crippen LogP) is 2.54. The molecule has 24 heavy (non-hydrogen) atoms. The van der Waals surface area contributed by atoms with Gasteiger partial charge in [-0.1, -0.05) is 30.3 Å². The van der Waals surface area contributed by atoms with E-state index in [-0.39, 0.29) is 36.4 Å². The average molecular weight is 444 g/mol. The largest absolute Gasteiger partial charge is 0.354 e. The smallest absolute Gasteiger partial charge is 0.243 e. The molecule has 1 amide bonds. The van der Waals surface area contributed by atoms with Crippen molar-refractivity contribution < 1.29 is 4.79 Å². The first-order chi connectivity index (χ1) is 11.0. The Labute approximate surface area is 162 Å². The summed E-state index contributed by atoms with van der Waals surface area (Å²) >= 11 is 0. The number of hydrogen-bond donors (Lipinski definition) is 1. The van der Waals surface area contributed by atoms with Crippen LogP contribution in [0.1, 0.15) is 31.7 Å². The molecule has 1 N–H and O–H groups in total. The zero-order valence-corrected chi connectivity index (χ0v) is 17.4.